The Morgan fingerprint density at radius 1 is 1.33 bits per heavy atom. The summed E-state index contributed by atoms with van der Waals surface area (Å²) in [5.74, 6) is 0.568. The van der Waals surface area contributed by atoms with E-state index < -0.39 is 17.8 Å². The maximum Gasteiger partial charge on any atom is 0.416 e. The summed E-state index contributed by atoms with van der Waals surface area (Å²) in [4.78, 5) is 0. The van der Waals surface area contributed by atoms with E-state index in [-0.39, 0.29) is 12.2 Å². The Morgan fingerprint density at radius 2 is 2.06 bits per heavy atom. The van der Waals surface area contributed by atoms with Gasteiger partial charge in [-0.15, -0.1) is 0 Å². The van der Waals surface area contributed by atoms with Gasteiger partial charge in [0.25, 0.3) is 0 Å². The highest BCUT2D eigenvalue weighted by molar-refractivity contribution is 5.27. The van der Waals surface area contributed by atoms with Gasteiger partial charge in [-0.05, 0) is 36.5 Å². The summed E-state index contributed by atoms with van der Waals surface area (Å²) in [7, 11) is 0. The van der Waals surface area contributed by atoms with E-state index in [0.29, 0.717) is 12.5 Å². The molecule has 0 aromatic heterocycles. The van der Waals surface area contributed by atoms with Crippen molar-refractivity contribution in [2.24, 2.45) is 5.92 Å². The van der Waals surface area contributed by atoms with E-state index in [4.69, 9.17) is 4.74 Å². The molecular formula is C13H15F3O2. The number of halogens is 3. The highest BCUT2D eigenvalue weighted by Crippen LogP contribution is 2.31. The van der Waals surface area contributed by atoms with Crippen molar-refractivity contribution in [3.8, 4) is 0 Å². The van der Waals surface area contributed by atoms with E-state index in [1.807, 2.05) is 0 Å². The quantitative estimate of drug-likeness (QED) is 0.881. The first-order chi connectivity index (χ1) is 8.47. The summed E-state index contributed by atoms with van der Waals surface area (Å²) in [6.07, 6.45) is -3.12. The third kappa shape index (κ3) is 3.71. The Bertz CT molecular complexity index is 399. The SMILES string of the molecule is OC(COCC1CC1)c1cccc(C(F)(F)F)c1. The van der Waals surface area contributed by atoms with Crippen LogP contribution in [0.15, 0.2) is 24.3 Å². The number of alkyl halides is 3. The van der Waals surface area contributed by atoms with E-state index in [1.54, 1.807) is 0 Å². The molecule has 1 aromatic rings. The lowest BCUT2D eigenvalue weighted by atomic mass is 10.1. The van der Waals surface area contributed by atoms with Gasteiger partial charge in [-0.2, -0.15) is 13.2 Å². The van der Waals surface area contributed by atoms with Crippen molar-refractivity contribution in [3.63, 3.8) is 0 Å². The minimum atomic E-state index is -4.38. The summed E-state index contributed by atoms with van der Waals surface area (Å²) in [6, 6.07) is 4.72. The fourth-order valence-corrected chi connectivity index (χ4v) is 1.65. The zero-order valence-electron chi connectivity index (χ0n) is 9.78. The van der Waals surface area contributed by atoms with Crippen molar-refractivity contribution in [3.05, 3.63) is 35.4 Å². The molecule has 18 heavy (non-hydrogen) atoms. The van der Waals surface area contributed by atoms with Gasteiger partial charge in [-0.1, -0.05) is 12.1 Å². The Hall–Kier alpha value is -1.07. The van der Waals surface area contributed by atoms with Gasteiger partial charge in [0.2, 0.25) is 0 Å². The predicted octanol–water partition coefficient (Wildman–Crippen LogP) is 3.17. The molecule has 0 saturated heterocycles. The second-order valence-electron chi connectivity index (χ2n) is 4.62. The molecule has 100 valence electrons. The van der Waals surface area contributed by atoms with E-state index in [1.165, 1.54) is 12.1 Å². The largest absolute Gasteiger partial charge is 0.416 e. The van der Waals surface area contributed by atoms with Crippen LogP contribution in [0.25, 0.3) is 0 Å². The van der Waals surface area contributed by atoms with Crippen molar-refractivity contribution < 1.29 is 23.0 Å². The molecule has 5 heteroatoms. The van der Waals surface area contributed by atoms with E-state index in [9.17, 15) is 18.3 Å². The molecular weight excluding hydrogens is 245 g/mol. The van der Waals surface area contributed by atoms with Gasteiger partial charge in [0.05, 0.1) is 12.2 Å². The van der Waals surface area contributed by atoms with Gasteiger partial charge in [0, 0.05) is 6.61 Å². The maximum absolute atomic E-state index is 12.5. The number of rotatable bonds is 5. The number of ether oxygens (including phenoxy) is 1. The minimum Gasteiger partial charge on any atom is -0.386 e. The summed E-state index contributed by atoms with van der Waals surface area (Å²) in [5, 5.41) is 9.75. The lowest BCUT2D eigenvalue weighted by molar-refractivity contribution is -0.137. The van der Waals surface area contributed by atoms with Gasteiger partial charge in [0.15, 0.2) is 0 Å². The van der Waals surface area contributed by atoms with Gasteiger partial charge in [-0.25, -0.2) is 0 Å². The van der Waals surface area contributed by atoms with Crippen LogP contribution in [0.1, 0.15) is 30.1 Å². The van der Waals surface area contributed by atoms with Crippen LogP contribution >= 0.6 is 0 Å². The van der Waals surface area contributed by atoms with Crippen molar-refractivity contribution in [1.29, 1.82) is 0 Å². The molecule has 1 aliphatic carbocycles. The van der Waals surface area contributed by atoms with Crippen LogP contribution in [0, 0.1) is 5.92 Å². The molecule has 1 fully saturated rings. The third-order valence-corrected chi connectivity index (χ3v) is 2.92. The summed E-state index contributed by atoms with van der Waals surface area (Å²) in [5.41, 5.74) is -0.512. The van der Waals surface area contributed by atoms with Gasteiger partial charge < -0.3 is 9.84 Å². The average Bonchev–Trinajstić information content (AvgIpc) is 3.12. The first-order valence-electron chi connectivity index (χ1n) is 5.90. The molecule has 0 aliphatic heterocycles. The number of benzene rings is 1. The zero-order chi connectivity index (χ0) is 13.2. The minimum absolute atomic E-state index is 0.0395. The third-order valence-electron chi connectivity index (χ3n) is 2.92. The molecule has 1 saturated carbocycles. The Balaban J connectivity index is 1.93. The van der Waals surface area contributed by atoms with Gasteiger partial charge in [-0.3, -0.25) is 0 Å². The van der Waals surface area contributed by atoms with Crippen LogP contribution in [-0.2, 0) is 10.9 Å². The van der Waals surface area contributed by atoms with Crippen LogP contribution in [0.5, 0.6) is 0 Å². The second-order valence-corrected chi connectivity index (χ2v) is 4.62. The highest BCUT2D eigenvalue weighted by atomic mass is 19.4. The number of aliphatic hydroxyl groups excluding tert-OH is 1. The molecule has 0 radical (unpaired) electrons. The molecule has 2 rings (SSSR count). The fourth-order valence-electron chi connectivity index (χ4n) is 1.65. The van der Waals surface area contributed by atoms with Crippen LogP contribution < -0.4 is 0 Å². The van der Waals surface area contributed by atoms with Crippen LogP contribution in [0.3, 0.4) is 0 Å². The Morgan fingerprint density at radius 3 is 2.67 bits per heavy atom. The predicted molar refractivity (Wildman–Crippen MR) is 59.9 cm³/mol. The molecule has 1 aliphatic rings. The number of aliphatic hydroxyl groups is 1. The summed E-state index contributed by atoms with van der Waals surface area (Å²) < 4.78 is 42.7. The Kier molecular flexibility index (Phi) is 3.92. The molecule has 0 heterocycles. The van der Waals surface area contributed by atoms with Crippen molar-refractivity contribution >= 4 is 0 Å². The highest BCUT2D eigenvalue weighted by Gasteiger charge is 2.31. The number of hydrogen-bond acceptors (Lipinski definition) is 2. The van der Waals surface area contributed by atoms with Crippen LogP contribution in [-0.4, -0.2) is 18.3 Å². The van der Waals surface area contributed by atoms with Crippen molar-refractivity contribution in [2.45, 2.75) is 25.1 Å². The topological polar surface area (TPSA) is 29.5 Å². The molecule has 2 nitrogen and oxygen atoms in total. The standard InChI is InChI=1S/C13H15F3O2/c14-13(15,16)11-3-1-2-10(6-11)12(17)8-18-7-9-4-5-9/h1-3,6,9,12,17H,4-5,7-8H2. The summed E-state index contributed by atoms with van der Waals surface area (Å²) in [6.45, 7) is 0.619. The smallest absolute Gasteiger partial charge is 0.386 e. The van der Waals surface area contributed by atoms with E-state index in [2.05, 4.69) is 0 Å². The first kappa shape index (κ1) is 13.4. The van der Waals surface area contributed by atoms with Gasteiger partial charge in [0.1, 0.15) is 6.10 Å². The Labute approximate surface area is 103 Å². The van der Waals surface area contributed by atoms with E-state index in [0.717, 1.165) is 25.0 Å². The summed E-state index contributed by atoms with van der Waals surface area (Å²) >= 11 is 0. The first-order valence-corrected chi connectivity index (χ1v) is 5.90. The molecule has 0 spiro atoms. The average molecular weight is 260 g/mol. The lowest BCUT2D eigenvalue weighted by Crippen LogP contribution is -2.11. The van der Waals surface area contributed by atoms with Crippen LogP contribution in [0.4, 0.5) is 13.2 Å². The second kappa shape index (κ2) is 5.28. The van der Waals surface area contributed by atoms with Crippen LogP contribution in [0.2, 0.25) is 0 Å². The molecule has 1 atom stereocenters. The lowest BCUT2D eigenvalue weighted by Gasteiger charge is -2.14. The number of hydrogen-bond donors (Lipinski definition) is 1. The maximum atomic E-state index is 12.5. The van der Waals surface area contributed by atoms with E-state index >= 15 is 0 Å². The fraction of sp³-hybridized carbons (Fsp3) is 0.538. The molecule has 0 bridgehead atoms. The molecule has 1 N–H and O–H groups in total. The molecule has 1 aromatic carbocycles. The van der Waals surface area contributed by atoms with Crippen molar-refractivity contribution in [1.82, 2.24) is 0 Å². The monoisotopic (exact) mass is 260 g/mol. The van der Waals surface area contributed by atoms with Crippen molar-refractivity contribution in [2.75, 3.05) is 13.2 Å². The van der Waals surface area contributed by atoms with Gasteiger partial charge >= 0.3 is 6.18 Å². The zero-order valence-corrected chi connectivity index (χ0v) is 9.78. The molecule has 0 amide bonds. The molecule has 1 unspecified atom stereocenters. The normalized spacial score (nSPS) is 17.8.